The van der Waals surface area contributed by atoms with Gasteiger partial charge in [-0.15, -0.1) is 0 Å². The van der Waals surface area contributed by atoms with Gasteiger partial charge in [-0.3, -0.25) is 19.5 Å². The average Bonchev–Trinajstić information content (AvgIpc) is 3.45. The Morgan fingerprint density at radius 2 is 1.90 bits per heavy atom. The zero-order chi connectivity index (χ0) is 20.5. The van der Waals surface area contributed by atoms with E-state index in [1.807, 2.05) is 6.20 Å². The molecule has 0 radical (unpaired) electrons. The number of imidazole rings is 1. The van der Waals surface area contributed by atoms with Crippen molar-refractivity contribution in [2.45, 2.75) is 33.4 Å². The van der Waals surface area contributed by atoms with Gasteiger partial charge in [0.1, 0.15) is 5.82 Å². The van der Waals surface area contributed by atoms with Crippen LogP contribution in [0.15, 0.2) is 29.5 Å². The lowest BCUT2D eigenvalue weighted by Crippen LogP contribution is -2.43. The van der Waals surface area contributed by atoms with Crippen LogP contribution in [-0.2, 0) is 22.7 Å². The first-order chi connectivity index (χ1) is 14.0. The Hall–Kier alpha value is -2.64. The van der Waals surface area contributed by atoms with Crippen LogP contribution in [-0.4, -0.2) is 52.4 Å². The molecule has 3 aliphatic rings. The fourth-order valence-electron chi connectivity index (χ4n) is 4.92. The van der Waals surface area contributed by atoms with Gasteiger partial charge in [0, 0.05) is 39.1 Å². The highest BCUT2D eigenvalue weighted by molar-refractivity contribution is 6.06. The van der Waals surface area contributed by atoms with Crippen LogP contribution in [0.2, 0.25) is 0 Å². The third-order valence-electron chi connectivity index (χ3n) is 6.19. The fourth-order valence-corrected chi connectivity index (χ4v) is 4.92. The first kappa shape index (κ1) is 19.7. The van der Waals surface area contributed by atoms with Crippen molar-refractivity contribution in [1.82, 2.24) is 25.1 Å². The Labute approximate surface area is 171 Å². The Morgan fingerprint density at radius 3 is 2.52 bits per heavy atom. The molecule has 1 aromatic rings. The summed E-state index contributed by atoms with van der Waals surface area (Å²) in [6.45, 7) is 6.66. The maximum Gasteiger partial charge on any atom is 0.233 e. The van der Waals surface area contributed by atoms with E-state index in [4.69, 9.17) is 0 Å². The topological polar surface area (TPSA) is 91.6 Å². The molecular weight excluding hydrogens is 368 g/mol. The van der Waals surface area contributed by atoms with Crippen molar-refractivity contribution in [2.24, 2.45) is 34.6 Å². The summed E-state index contributed by atoms with van der Waals surface area (Å²) in [5.41, 5.74) is 0. The number of carbonyl (C=O) groups excluding carboxylic acids is 2. The minimum atomic E-state index is -0.130. The molecule has 156 valence electrons. The van der Waals surface area contributed by atoms with E-state index < -0.39 is 0 Å². The number of likely N-dealkylation sites (tertiary alicyclic amines) is 1. The molecule has 2 N–H and O–H groups in total. The summed E-state index contributed by atoms with van der Waals surface area (Å²) >= 11 is 0. The molecule has 29 heavy (non-hydrogen) atoms. The molecule has 2 aliphatic carbocycles. The van der Waals surface area contributed by atoms with Crippen LogP contribution in [0.3, 0.4) is 0 Å². The number of amides is 2. The normalized spacial score (nSPS) is 28.0. The molecule has 1 aromatic heterocycles. The number of imide groups is 1. The number of hydrogen-bond donors (Lipinski definition) is 2. The number of nitrogens with one attached hydrogen (secondary N) is 2. The lowest BCUT2D eigenvalue weighted by molar-refractivity contribution is -0.140. The molecule has 4 rings (SSSR count). The van der Waals surface area contributed by atoms with Gasteiger partial charge in [-0.2, -0.15) is 0 Å². The van der Waals surface area contributed by atoms with E-state index in [1.165, 1.54) is 4.90 Å². The van der Waals surface area contributed by atoms with Crippen molar-refractivity contribution in [1.29, 1.82) is 0 Å². The number of fused-ring (bicyclic) bond motifs is 5. The number of nitrogens with zero attached hydrogens (tertiary/aromatic N) is 4. The van der Waals surface area contributed by atoms with Gasteiger partial charge in [-0.05, 0) is 24.2 Å². The molecule has 4 unspecified atom stereocenters. The molecule has 0 aromatic carbocycles. The highest BCUT2D eigenvalue weighted by atomic mass is 16.2. The Bertz CT molecular complexity index is 812. The molecule has 1 saturated heterocycles. The summed E-state index contributed by atoms with van der Waals surface area (Å²) in [7, 11) is 1.70. The molecule has 2 bridgehead atoms. The first-order valence-corrected chi connectivity index (χ1v) is 10.5. The summed E-state index contributed by atoms with van der Waals surface area (Å²) in [4.78, 5) is 35.5. The fraction of sp³-hybridized carbons (Fsp3) is 0.619. The standard InChI is InChI=1S/C21H30N6O2/c1-13(2)12-26-8-6-23-16(26)11-25-21(22-3)24-7-9-27-19(28)17-14-4-5-15(10-14)18(17)20(27)29/h4-6,8,13-15,17-18H,7,9-12H2,1-3H3,(H2,22,24,25). The summed E-state index contributed by atoms with van der Waals surface area (Å²) in [6.07, 6.45) is 8.99. The lowest BCUT2D eigenvalue weighted by atomic mass is 9.85. The van der Waals surface area contributed by atoms with Gasteiger partial charge in [0.2, 0.25) is 11.8 Å². The van der Waals surface area contributed by atoms with Crippen molar-refractivity contribution in [3.05, 3.63) is 30.4 Å². The van der Waals surface area contributed by atoms with E-state index in [0.29, 0.717) is 31.5 Å². The number of aromatic nitrogens is 2. The van der Waals surface area contributed by atoms with Crippen LogP contribution >= 0.6 is 0 Å². The van der Waals surface area contributed by atoms with Crippen molar-refractivity contribution in [2.75, 3.05) is 20.1 Å². The molecule has 8 heteroatoms. The second-order valence-electron chi connectivity index (χ2n) is 8.57. The monoisotopic (exact) mass is 398 g/mol. The van der Waals surface area contributed by atoms with Crippen LogP contribution in [0, 0.1) is 29.6 Å². The summed E-state index contributed by atoms with van der Waals surface area (Å²) in [5.74, 6) is 2.36. The summed E-state index contributed by atoms with van der Waals surface area (Å²) in [5, 5.41) is 6.46. The van der Waals surface area contributed by atoms with Gasteiger partial charge in [0.25, 0.3) is 0 Å². The van der Waals surface area contributed by atoms with Gasteiger partial charge in [0.15, 0.2) is 5.96 Å². The van der Waals surface area contributed by atoms with Crippen molar-refractivity contribution < 1.29 is 9.59 Å². The second kappa shape index (κ2) is 8.00. The maximum absolute atomic E-state index is 12.7. The van der Waals surface area contributed by atoms with E-state index >= 15 is 0 Å². The van der Waals surface area contributed by atoms with Gasteiger partial charge >= 0.3 is 0 Å². The highest BCUT2D eigenvalue weighted by Crippen LogP contribution is 2.52. The molecular formula is C21H30N6O2. The maximum atomic E-state index is 12.7. The number of aliphatic imine (C=N–C) groups is 1. The van der Waals surface area contributed by atoms with E-state index in [2.05, 4.69) is 51.2 Å². The summed E-state index contributed by atoms with van der Waals surface area (Å²) < 4.78 is 2.13. The highest BCUT2D eigenvalue weighted by Gasteiger charge is 2.58. The van der Waals surface area contributed by atoms with E-state index in [0.717, 1.165) is 18.8 Å². The minimum Gasteiger partial charge on any atom is -0.355 e. The molecule has 2 fully saturated rings. The van der Waals surface area contributed by atoms with Crippen molar-refractivity contribution in [3.63, 3.8) is 0 Å². The van der Waals surface area contributed by atoms with Crippen LogP contribution in [0.1, 0.15) is 26.1 Å². The van der Waals surface area contributed by atoms with Gasteiger partial charge in [0.05, 0.1) is 18.4 Å². The van der Waals surface area contributed by atoms with E-state index in [9.17, 15) is 9.59 Å². The number of guanidine groups is 1. The first-order valence-electron chi connectivity index (χ1n) is 10.5. The number of hydrogen-bond acceptors (Lipinski definition) is 4. The third kappa shape index (κ3) is 3.68. The number of allylic oxidation sites excluding steroid dienone is 2. The van der Waals surface area contributed by atoms with Gasteiger partial charge < -0.3 is 15.2 Å². The minimum absolute atomic E-state index is 0.00249. The SMILES string of the molecule is CN=C(NCCN1C(=O)C2C3C=CC(C3)C2C1=O)NCc1nccn1CC(C)C. The number of rotatable bonds is 7. The third-order valence-corrected chi connectivity index (χ3v) is 6.19. The smallest absolute Gasteiger partial charge is 0.233 e. The van der Waals surface area contributed by atoms with E-state index in [-0.39, 0.29) is 35.5 Å². The second-order valence-corrected chi connectivity index (χ2v) is 8.57. The van der Waals surface area contributed by atoms with Crippen LogP contribution in [0.25, 0.3) is 0 Å². The quantitative estimate of drug-likeness (QED) is 0.310. The summed E-state index contributed by atoms with van der Waals surface area (Å²) in [6, 6.07) is 0. The molecule has 1 aliphatic heterocycles. The molecule has 8 nitrogen and oxygen atoms in total. The van der Waals surface area contributed by atoms with Crippen LogP contribution in [0.5, 0.6) is 0 Å². The predicted octanol–water partition coefficient (Wildman–Crippen LogP) is 1.01. The molecule has 2 amide bonds. The molecule has 4 atom stereocenters. The Kier molecular flexibility index (Phi) is 5.43. The van der Waals surface area contributed by atoms with Crippen LogP contribution in [0.4, 0.5) is 0 Å². The Morgan fingerprint density at radius 1 is 1.21 bits per heavy atom. The predicted molar refractivity (Wildman–Crippen MR) is 110 cm³/mol. The average molecular weight is 399 g/mol. The largest absolute Gasteiger partial charge is 0.355 e. The van der Waals surface area contributed by atoms with Crippen LogP contribution < -0.4 is 10.6 Å². The Balaban J connectivity index is 1.26. The zero-order valence-electron chi connectivity index (χ0n) is 17.3. The zero-order valence-corrected chi connectivity index (χ0v) is 17.3. The molecule has 0 spiro atoms. The van der Waals surface area contributed by atoms with Crippen molar-refractivity contribution >= 4 is 17.8 Å². The van der Waals surface area contributed by atoms with E-state index in [1.54, 1.807) is 13.2 Å². The molecule has 1 saturated carbocycles. The van der Waals surface area contributed by atoms with Gasteiger partial charge in [-0.25, -0.2) is 4.98 Å². The number of carbonyl (C=O) groups is 2. The molecule has 2 heterocycles. The lowest BCUT2D eigenvalue weighted by Gasteiger charge is -2.19. The van der Waals surface area contributed by atoms with Gasteiger partial charge in [-0.1, -0.05) is 26.0 Å². The van der Waals surface area contributed by atoms with Crippen molar-refractivity contribution in [3.8, 4) is 0 Å².